The molecule has 2 aromatic rings. The van der Waals surface area contributed by atoms with Crippen LogP contribution in [0.3, 0.4) is 0 Å². The van der Waals surface area contributed by atoms with Crippen molar-refractivity contribution in [2.75, 3.05) is 13.7 Å². The van der Waals surface area contributed by atoms with E-state index in [0.29, 0.717) is 12.6 Å². The molecular weight excluding hydrogens is 274 g/mol. The van der Waals surface area contributed by atoms with E-state index in [9.17, 15) is 0 Å². The van der Waals surface area contributed by atoms with Crippen molar-refractivity contribution in [3.05, 3.63) is 47.2 Å². The van der Waals surface area contributed by atoms with Crippen molar-refractivity contribution in [2.24, 2.45) is 7.05 Å². The first-order chi connectivity index (χ1) is 9.67. The predicted molar refractivity (Wildman–Crippen MR) is 81.3 cm³/mol. The quantitative estimate of drug-likeness (QED) is 0.853. The summed E-state index contributed by atoms with van der Waals surface area (Å²) in [5.41, 5.74) is 1.25. The maximum absolute atomic E-state index is 5.85. The SMILES string of the molecule is CNC(CCc1cnn(C)c1)COc1ccc(Cl)cc1. The molecule has 0 aliphatic rings. The van der Waals surface area contributed by atoms with Crippen LogP contribution < -0.4 is 10.1 Å². The minimum Gasteiger partial charge on any atom is -0.492 e. The van der Waals surface area contributed by atoms with Crippen LogP contribution in [0.25, 0.3) is 0 Å². The molecule has 1 N–H and O–H groups in total. The lowest BCUT2D eigenvalue weighted by molar-refractivity contribution is 0.263. The molecule has 0 bridgehead atoms. The Labute approximate surface area is 124 Å². The van der Waals surface area contributed by atoms with E-state index in [2.05, 4.69) is 10.4 Å². The molecule has 1 aromatic carbocycles. The molecule has 0 saturated carbocycles. The molecule has 0 saturated heterocycles. The van der Waals surface area contributed by atoms with E-state index in [1.807, 2.05) is 55.4 Å². The van der Waals surface area contributed by atoms with Crippen LogP contribution in [0, 0.1) is 0 Å². The van der Waals surface area contributed by atoms with Gasteiger partial charge in [0.05, 0.1) is 6.20 Å². The minimum absolute atomic E-state index is 0.311. The summed E-state index contributed by atoms with van der Waals surface area (Å²) in [4.78, 5) is 0. The van der Waals surface area contributed by atoms with Crippen LogP contribution in [0.1, 0.15) is 12.0 Å². The van der Waals surface area contributed by atoms with Gasteiger partial charge in [0.15, 0.2) is 0 Å². The Balaban J connectivity index is 1.78. The fraction of sp³-hybridized carbons (Fsp3) is 0.400. The lowest BCUT2D eigenvalue weighted by atomic mass is 10.1. The Morgan fingerprint density at radius 1 is 1.35 bits per heavy atom. The van der Waals surface area contributed by atoms with E-state index in [4.69, 9.17) is 16.3 Å². The highest BCUT2D eigenvalue weighted by molar-refractivity contribution is 6.30. The first kappa shape index (κ1) is 14.9. The molecule has 20 heavy (non-hydrogen) atoms. The van der Waals surface area contributed by atoms with Crippen molar-refractivity contribution in [1.82, 2.24) is 15.1 Å². The zero-order valence-corrected chi connectivity index (χ0v) is 12.6. The molecule has 0 aliphatic carbocycles. The van der Waals surface area contributed by atoms with Gasteiger partial charge in [-0.3, -0.25) is 4.68 Å². The van der Waals surface area contributed by atoms with Crippen molar-refractivity contribution < 1.29 is 4.74 Å². The molecule has 2 rings (SSSR count). The summed E-state index contributed by atoms with van der Waals surface area (Å²) in [6, 6.07) is 7.75. The number of hydrogen-bond donors (Lipinski definition) is 1. The number of hydrogen-bond acceptors (Lipinski definition) is 3. The first-order valence-electron chi connectivity index (χ1n) is 6.70. The third-order valence-corrected chi connectivity index (χ3v) is 3.46. The number of aromatic nitrogens is 2. The van der Waals surface area contributed by atoms with Crippen LogP contribution in [-0.4, -0.2) is 29.5 Å². The van der Waals surface area contributed by atoms with Crippen LogP contribution in [0.5, 0.6) is 5.75 Å². The molecular formula is C15H20ClN3O. The summed E-state index contributed by atoms with van der Waals surface area (Å²) in [6.07, 6.45) is 5.96. The minimum atomic E-state index is 0.311. The Morgan fingerprint density at radius 2 is 2.10 bits per heavy atom. The average Bonchev–Trinajstić information content (AvgIpc) is 2.87. The van der Waals surface area contributed by atoms with Crippen LogP contribution >= 0.6 is 11.6 Å². The van der Waals surface area contributed by atoms with E-state index in [-0.39, 0.29) is 0 Å². The van der Waals surface area contributed by atoms with Gasteiger partial charge in [0.2, 0.25) is 0 Å². The Kier molecular flexibility index (Phi) is 5.44. The average molecular weight is 294 g/mol. The number of halogens is 1. The van der Waals surface area contributed by atoms with Crippen LogP contribution in [-0.2, 0) is 13.5 Å². The zero-order valence-electron chi connectivity index (χ0n) is 11.8. The third-order valence-electron chi connectivity index (χ3n) is 3.21. The number of rotatable bonds is 7. The fourth-order valence-corrected chi connectivity index (χ4v) is 2.11. The maximum Gasteiger partial charge on any atom is 0.119 e. The third kappa shape index (κ3) is 4.54. The summed E-state index contributed by atoms with van der Waals surface area (Å²) in [5, 5.41) is 8.18. The van der Waals surface area contributed by atoms with Crippen molar-refractivity contribution in [1.29, 1.82) is 0 Å². The highest BCUT2D eigenvalue weighted by atomic mass is 35.5. The number of benzene rings is 1. The van der Waals surface area contributed by atoms with Gasteiger partial charge in [-0.05, 0) is 49.7 Å². The first-order valence-corrected chi connectivity index (χ1v) is 7.08. The summed E-state index contributed by atoms with van der Waals surface area (Å²) >= 11 is 5.85. The standard InChI is InChI=1S/C15H20ClN3O/c1-17-14(6-3-12-9-18-19(2)10-12)11-20-15-7-4-13(16)5-8-15/h4-5,7-10,14,17H,3,6,11H2,1-2H3. The highest BCUT2D eigenvalue weighted by Crippen LogP contribution is 2.16. The molecule has 0 amide bonds. The number of nitrogens with one attached hydrogen (secondary N) is 1. The van der Waals surface area contributed by atoms with Crippen molar-refractivity contribution in [3.8, 4) is 5.75 Å². The van der Waals surface area contributed by atoms with Gasteiger partial charge in [-0.1, -0.05) is 11.6 Å². The van der Waals surface area contributed by atoms with Crippen LogP contribution in [0.2, 0.25) is 5.02 Å². The summed E-state index contributed by atoms with van der Waals surface area (Å²) in [6.45, 7) is 0.637. The monoisotopic (exact) mass is 293 g/mol. The molecule has 0 spiro atoms. The molecule has 0 fully saturated rings. The number of ether oxygens (including phenoxy) is 1. The summed E-state index contributed by atoms with van der Waals surface area (Å²) < 4.78 is 7.59. The smallest absolute Gasteiger partial charge is 0.119 e. The summed E-state index contributed by atoms with van der Waals surface area (Å²) in [5.74, 6) is 0.844. The number of nitrogens with zero attached hydrogens (tertiary/aromatic N) is 2. The van der Waals surface area contributed by atoms with Crippen molar-refractivity contribution in [2.45, 2.75) is 18.9 Å². The van der Waals surface area contributed by atoms with Gasteiger partial charge in [0, 0.05) is 24.3 Å². The van der Waals surface area contributed by atoms with Gasteiger partial charge in [-0.15, -0.1) is 0 Å². The summed E-state index contributed by atoms with van der Waals surface area (Å²) in [7, 11) is 3.89. The van der Waals surface area contributed by atoms with E-state index in [1.54, 1.807) is 0 Å². The fourth-order valence-electron chi connectivity index (χ4n) is 1.98. The normalized spacial score (nSPS) is 12.3. The second-order valence-corrected chi connectivity index (χ2v) is 5.25. The predicted octanol–water partition coefficient (Wildman–Crippen LogP) is 2.67. The Hall–Kier alpha value is -1.52. The van der Waals surface area contributed by atoms with Crippen LogP contribution in [0.15, 0.2) is 36.7 Å². The van der Waals surface area contributed by atoms with Gasteiger partial charge in [0.25, 0.3) is 0 Å². The second kappa shape index (κ2) is 7.31. The van der Waals surface area contributed by atoms with E-state index >= 15 is 0 Å². The molecule has 1 unspecified atom stereocenters. The zero-order chi connectivity index (χ0) is 14.4. The highest BCUT2D eigenvalue weighted by Gasteiger charge is 2.08. The molecule has 4 nitrogen and oxygen atoms in total. The number of likely N-dealkylation sites (N-methyl/N-ethyl adjacent to an activating group) is 1. The molecule has 1 aromatic heterocycles. The number of aryl methyl sites for hydroxylation is 2. The molecule has 0 radical (unpaired) electrons. The maximum atomic E-state index is 5.85. The lowest BCUT2D eigenvalue weighted by Crippen LogP contribution is -2.32. The molecule has 1 atom stereocenters. The van der Waals surface area contributed by atoms with Gasteiger partial charge >= 0.3 is 0 Å². The van der Waals surface area contributed by atoms with Gasteiger partial charge in [-0.25, -0.2) is 0 Å². The van der Waals surface area contributed by atoms with E-state index < -0.39 is 0 Å². The van der Waals surface area contributed by atoms with Gasteiger partial charge in [-0.2, -0.15) is 5.10 Å². The Bertz CT molecular complexity index is 524. The second-order valence-electron chi connectivity index (χ2n) is 4.81. The van der Waals surface area contributed by atoms with E-state index in [1.165, 1.54) is 5.56 Å². The Morgan fingerprint density at radius 3 is 2.70 bits per heavy atom. The molecule has 108 valence electrons. The lowest BCUT2D eigenvalue weighted by Gasteiger charge is -2.16. The van der Waals surface area contributed by atoms with Crippen molar-refractivity contribution >= 4 is 11.6 Å². The van der Waals surface area contributed by atoms with Crippen molar-refractivity contribution in [3.63, 3.8) is 0 Å². The van der Waals surface area contributed by atoms with E-state index in [0.717, 1.165) is 23.6 Å². The van der Waals surface area contributed by atoms with Gasteiger partial charge in [0.1, 0.15) is 12.4 Å². The topological polar surface area (TPSA) is 39.1 Å². The van der Waals surface area contributed by atoms with Gasteiger partial charge < -0.3 is 10.1 Å². The molecule has 1 heterocycles. The van der Waals surface area contributed by atoms with Crippen LogP contribution in [0.4, 0.5) is 0 Å². The molecule has 5 heteroatoms. The largest absolute Gasteiger partial charge is 0.492 e. The molecule has 0 aliphatic heterocycles.